The van der Waals surface area contributed by atoms with Crippen LogP contribution in [0.15, 0.2) is 0 Å². The van der Waals surface area contributed by atoms with Gasteiger partial charge in [0.25, 0.3) is 0 Å². The zero-order chi connectivity index (χ0) is 7.40. The van der Waals surface area contributed by atoms with Crippen LogP contribution >= 0.6 is 0 Å². The van der Waals surface area contributed by atoms with E-state index in [0.717, 1.165) is 24.9 Å². The van der Waals surface area contributed by atoms with Gasteiger partial charge in [-0.15, -0.1) is 0 Å². The summed E-state index contributed by atoms with van der Waals surface area (Å²) in [4.78, 5) is 0. The fourth-order valence-corrected chi connectivity index (χ4v) is 1.91. The van der Waals surface area contributed by atoms with Crippen molar-refractivity contribution in [1.29, 1.82) is 0 Å². The third-order valence-corrected chi connectivity index (χ3v) is 2.67. The molecule has 2 atom stereocenters. The van der Waals surface area contributed by atoms with Crippen LogP contribution in [-0.2, 0) is 0 Å². The van der Waals surface area contributed by atoms with E-state index in [1.54, 1.807) is 0 Å². The quantitative estimate of drug-likeness (QED) is 0.596. The third kappa shape index (κ3) is 1.70. The van der Waals surface area contributed by atoms with Gasteiger partial charge in [-0.1, -0.05) is 12.8 Å². The Labute approximate surface area is 63.0 Å². The van der Waals surface area contributed by atoms with Crippen LogP contribution in [0.25, 0.3) is 0 Å². The van der Waals surface area contributed by atoms with Crippen LogP contribution in [0.4, 0.5) is 0 Å². The third-order valence-electron chi connectivity index (χ3n) is 2.67. The normalized spacial score (nSPS) is 34.2. The van der Waals surface area contributed by atoms with E-state index >= 15 is 0 Å². The van der Waals surface area contributed by atoms with Crippen LogP contribution in [0.2, 0.25) is 0 Å². The molecule has 0 aromatic carbocycles. The molecule has 0 amide bonds. The monoisotopic (exact) mass is 142 g/mol. The minimum atomic E-state index is 0.721. The van der Waals surface area contributed by atoms with Gasteiger partial charge in [0.1, 0.15) is 0 Å². The summed E-state index contributed by atoms with van der Waals surface area (Å²) in [7, 11) is 0. The summed E-state index contributed by atoms with van der Waals surface area (Å²) in [6, 6.07) is 0. The van der Waals surface area contributed by atoms with E-state index in [1.165, 1.54) is 25.7 Å². The lowest BCUT2D eigenvalue weighted by atomic mass is 9.79. The van der Waals surface area contributed by atoms with Crippen molar-refractivity contribution in [1.82, 2.24) is 0 Å². The van der Waals surface area contributed by atoms with Crippen LogP contribution in [0, 0.1) is 11.8 Å². The van der Waals surface area contributed by atoms with Gasteiger partial charge in [-0.05, 0) is 37.8 Å². The minimum absolute atomic E-state index is 0.721. The Morgan fingerprint density at radius 1 is 0.900 bits per heavy atom. The maximum absolute atomic E-state index is 5.61. The number of hydrogen-bond donors (Lipinski definition) is 2. The minimum Gasteiger partial charge on any atom is -0.330 e. The Hall–Kier alpha value is -0.0800. The molecule has 1 rings (SSSR count). The molecule has 0 aliphatic heterocycles. The van der Waals surface area contributed by atoms with E-state index in [4.69, 9.17) is 11.5 Å². The molecule has 0 aromatic rings. The second kappa shape index (κ2) is 3.94. The number of hydrogen-bond acceptors (Lipinski definition) is 2. The first-order valence-corrected chi connectivity index (χ1v) is 4.28. The molecular weight excluding hydrogens is 124 g/mol. The lowest BCUT2D eigenvalue weighted by Gasteiger charge is -2.29. The first-order valence-electron chi connectivity index (χ1n) is 4.28. The smallest absolute Gasteiger partial charge is 0.00457 e. The van der Waals surface area contributed by atoms with Gasteiger partial charge in [0, 0.05) is 0 Å². The average molecular weight is 142 g/mol. The lowest BCUT2D eigenvalue weighted by molar-refractivity contribution is 0.250. The highest BCUT2D eigenvalue weighted by Crippen LogP contribution is 2.27. The molecule has 4 N–H and O–H groups in total. The summed E-state index contributed by atoms with van der Waals surface area (Å²) in [5, 5.41) is 0. The van der Waals surface area contributed by atoms with Crippen LogP contribution in [0.1, 0.15) is 25.7 Å². The molecule has 1 saturated carbocycles. The molecule has 1 aliphatic rings. The highest BCUT2D eigenvalue weighted by Gasteiger charge is 2.21. The Bertz CT molecular complexity index is 81.3. The van der Waals surface area contributed by atoms with Gasteiger partial charge in [0.2, 0.25) is 0 Å². The molecule has 1 fully saturated rings. The molecule has 0 unspecified atom stereocenters. The van der Waals surface area contributed by atoms with E-state index in [1.807, 2.05) is 0 Å². The number of nitrogens with two attached hydrogens (primary N) is 2. The zero-order valence-corrected chi connectivity index (χ0v) is 6.55. The van der Waals surface area contributed by atoms with Crippen LogP contribution in [-0.4, -0.2) is 13.1 Å². The predicted octanol–water partition coefficient (Wildman–Crippen LogP) is 0.710. The van der Waals surface area contributed by atoms with Gasteiger partial charge in [-0.3, -0.25) is 0 Å². The van der Waals surface area contributed by atoms with E-state index in [0.29, 0.717) is 0 Å². The Kier molecular flexibility index (Phi) is 3.16. The highest BCUT2D eigenvalue weighted by molar-refractivity contribution is 4.76. The second-order valence-corrected chi connectivity index (χ2v) is 3.28. The molecule has 2 heteroatoms. The first kappa shape index (κ1) is 8.02. The van der Waals surface area contributed by atoms with Crippen LogP contribution < -0.4 is 11.5 Å². The lowest BCUT2D eigenvalue weighted by Crippen LogP contribution is -2.31. The van der Waals surface area contributed by atoms with E-state index in [9.17, 15) is 0 Å². The molecule has 0 aromatic heterocycles. The summed E-state index contributed by atoms with van der Waals surface area (Å²) in [5.41, 5.74) is 11.2. The maximum atomic E-state index is 5.61. The van der Waals surface area contributed by atoms with Gasteiger partial charge in [-0.2, -0.15) is 0 Å². The van der Waals surface area contributed by atoms with Crippen molar-refractivity contribution in [2.75, 3.05) is 13.1 Å². The highest BCUT2D eigenvalue weighted by atomic mass is 14.6. The molecule has 0 heterocycles. The van der Waals surface area contributed by atoms with Crippen molar-refractivity contribution >= 4 is 0 Å². The molecule has 10 heavy (non-hydrogen) atoms. The average Bonchev–Trinajstić information content (AvgIpc) is 2.04. The van der Waals surface area contributed by atoms with Crippen molar-refractivity contribution in [3.63, 3.8) is 0 Å². The largest absolute Gasteiger partial charge is 0.330 e. The fraction of sp³-hybridized carbons (Fsp3) is 1.00. The van der Waals surface area contributed by atoms with Crippen LogP contribution in [0.3, 0.4) is 0 Å². The summed E-state index contributed by atoms with van der Waals surface area (Å²) >= 11 is 0. The van der Waals surface area contributed by atoms with Crippen molar-refractivity contribution in [3.05, 3.63) is 0 Å². The SMILES string of the molecule is NC[C@@H]1CCCC[C@H]1CN. The van der Waals surface area contributed by atoms with E-state index < -0.39 is 0 Å². The van der Waals surface area contributed by atoms with Crippen molar-refractivity contribution in [2.24, 2.45) is 23.3 Å². The van der Waals surface area contributed by atoms with Crippen molar-refractivity contribution in [3.8, 4) is 0 Å². The Morgan fingerprint density at radius 3 is 1.60 bits per heavy atom. The summed E-state index contributed by atoms with van der Waals surface area (Å²) < 4.78 is 0. The summed E-state index contributed by atoms with van der Waals surface area (Å²) in [6.45, 7) is 1.67. The van der Waals surface area contributed by atoms with Crippen molar-refractivity contribution in [2.45, 2.75) is 25.7 Å². The predicted molar refractivity (Wildman–Crippen MR) is 43.6 cm³/mol. The maximum Gasteiger partial charge on any atom is -0.00457 e. The molecule has 60 valence electrons. The standard InChI is InChI=1S/C8H18N2/c9-5-7-3-1-2-4-8(7)6-10/h7-8H,1-6,9-10H2/t7-,8-/m0/s1. The first-order chi connectivity index (χ1) is 4.88. The van der Waals surface area contributed by atoms with Gasteiger partial charge in [0.15, 0.2) is 0 Å². The topological polar surface area (TPSA) is 52.0 Å². The molecule has 0 saturated heterocycles. The van der Waals surface area contributed by atoms with Gasteiger partial charge < -0.3 is 11.5 Å². The molecular formula is C8H18N2. The molecule has 0 spiro atoms. The molecule has 0 radical (unpaired) electrons. The molecule has 1 aliphatic carbocycles. The Morgan fingerprint density at radius 2 is 1.30 bits per heavy atom. The summed E-state index contributed by atoms with van der Waals surface area (Å²) in [6.07, 6.45) is 5.33. The van der Waals surface area contributed by atoms with Gasteiger partial charge >= 0.3 is 0 Å². The fourth-order valence-electron chi connectivity index (χ4n) is 1.91. The van der Waals surface area contributed by atoms with E-state index in [2.05, 4.69) is 0 Å². The van der Waals surface area contributed by atoms with Gasteiger partial charge in [-0.25, -0.2) is 0 Å². The van der Waals surface area contributed by atoms with E-state index in [-0.39, 0.29) is 0 Å². The van der Waals surface area contributed by atoms with Crippen LogP contribution in [0.5, 0.6) is 0 Å². The number of rotatable bonds is 2. The Balaban J connectivity index is 2.34. The second-order valence-electron chi connectivity index (χ2n) is 3.28. The summed E-state index contributed by atoms with van der Waals surface area (Å²) in [5.74, 6) is 1.44. The van der Waals surface area contributed by atoms with Crippen molar-refractivity contribution < 1.29 is 0 Å². The van der Waals surface area contributed by atoms with Gasteiger partial charge in [0.05, 0.1) is 0 Å². The zero-order valence-electron chi connectivity index (χ0n) is 6.55. The molecule has 0 bridgehead atoms. The molecule has 2 nitrogen and oxygen atoms in total.